The van der Waals surface area contributed by atoms with Crippen molar-refractivity contribution in [2.24, 2.45) is 5.92 Å². The average Bonchev–Trinajstić information content (AvgIpc) is 3.19. The summed E-state index contributed by atoms with van der Waals surface area (Å²) in [4.78, 5) is 42.5. The zero-order chi connectivity index (χ0) is 22.7. The van der Waals surface area contributed by atoms with Gasteiger partial charge >= 0.3 is 6.03 Å². The number of fused-ring (bicyclic) bond motifs is 2. The molecule has 1 aliphatic rings. The Bertz CT molecular complexity index is 1150. The minimum absolute atomic E-state index is 0.101. The summed E-state index contributed by atoms with van der Waals surface area (Å²) in [5, 5.41) is 9.64. The van der Waals surface area contributed by atoms with Crippen molar-refractivity contribution in [3.63, 3.8) is 0 Å². The Hall–Kier alpha value is -3.81. The molecule has 0 saturated carbocycles. The molecule has 0 bridgehead atoms. The van der Waals surface area contributed by atoms with Gasteiger partial charge in [0.1, 0.15) is 12.6 Å². The molecule has 2 aromatic carbocycles. The summed E-state index contributed by atoms with van der Waals surface area (Å²) < 4.78 is 0. The number of para-hydroxylation sites is 3. The van der Waals surface area contributed by atoms with E-state index in [2.05, 4.69) is 20.9 Å². The van der Waals surface area contributed by atoms with Crippen molar-refractivity contribution in [3.8, 4) is 0 Å². The molecule has 8 heteroatoms. The van der Waals surface area contributed by atoms with Crippen molar-refractivity contribution in [2.45, 2.75) is 26.3 Å². The van der Waals surface area contributed by atoms with E-state index in [9.17, 15) is 14.4 Å². The predicted molar refractivity (Wildman–Crippen MR) is 125 cm³/mol. The molecule has 4 rings (SSSR count). The fraction of sp³-hybridized carbons (Fsp3) is 0.292. The molecule has 32 heavy (non-hydrogen) atoms. The zero-order valence-corrected chi connectivity index (χ0v) is 18.1. The van der Waals surface area contributed by atoms with Gasteiger partial charge < -0.3 is 20.9 Å². The highest BCUT2D eigenvalue weighted by molar-refractivity contribution is 6.10. The predicted octanol–water partition coefficient (Wildman–Crippen LogP) is 3.02. The molecule has 1 aliphatic heterocycles. The van der Waals surface area contributed by atoms with Crippen LogP contribution in [0.3, 0.4) is 0 Å². The van der Waals surface area contributed by atoms with Crippen LogP contribution in [0.2, 0.25) is 0 Å². The lowest BCUT2D eigenvalue weighted by Crippen LogP contribution is -2.55. The van der Waals surface area contributed by atoms with Crippen molar-refractivity contribution in [1.82, 2.24) is 15.6 Å². The van der Waals surface area contributed by atoms with E-state index in [1.165, 1.54) is 4.90 Å². The Kier molecular flexibility index (Phi) is 6.11. The maximum absolute atomic E-state index is 13.0. The number of hydrogen-bond acceptors (Lipinski definition) is 3. The second-order valence-corrected chi connectivity index (χ2v) is 8.22. The minimum atomic E-state index is -0.720. The van der Waals surface area contributed by atoms with E-state index in [0.717, 1.165) is 16.5 Å². The average molecular weight is 434 g/mol. The molecular weight excluding hydrogens is 406 g/mol. The van der Waals surface area contributed by atoms with E-state index in [4.69, 9.17) is 0 Å². The van der Waals surface area contributed by atoms with Gasteiger partial charge in [0.15, 0.2) is 0 Å². The Morgan fingerprint density at radius 3 is 2.66 bits per heavy atom. The molecule has 8 nitrogen and oxygen atoms in total. The molecule has 0 radical (unpaired) electrons. The highest BCUT2D eigenvalue weighted by atomic mass is 16.2. The normalized spacial score (nSPS) is 14.1. The molecule has 1 aromatic heterocycles. The van der Waals surface area contributed by atoms with Crippen LogP contribution in [0, 0.1) is 5.92 Å². The van der Waals surface area contributed by atoms with Gasteiger partial charge in [-0.1, -0.05) is 44.2 Å². The van der Waals surface area contributed by atoms with Crippen LogP contribution >= 0.6 is 0 Å². The molecule has 0 spiro atoms. The number of H-pyrrole nitrogens is 1. The van der Waals surface area contributed by atoms with Gasteiger partial charge in [0.05, 0.1) is 11.4 Å². The standard InChI is InChI=1S/C24H27N5O3/c1-15(2)22(23(31)25-12-11-16-13-26-18-8-4-3-7-17(16)18)28-24(32)29-14-21(30)27-19-9-5-6-10-20(19)29/h3-10,13,15,22,26H,11-12,14H2,1-2H3,(H,25,31)(H,27,30)(H,28,32)/t22-/m0/s1. The van der Waals surface area contributed by atoms with Crippen LogP contribution in [-0.4, -0.2) is 42.0 Å². The topological polar surface area (TPSA) is 106 Å². The summed E-state index contributed by atoms with van der Waals surface area (Å²) in [5.41, 5.74) is 3.36. The summed E-state index contributed by atoms with van der Waals surface area (Å²) in [7, 11) is 0. The van der Waals surface area contributed by atoms with Gasteiger partial charge in [-0.15, -0.1) is 0 Å². The lowest BCUT2D eigenvalue weighted by atomic mass is 10.0. The maximum Gasteiger partial charge on any atom is 0.323 e. The Labute approximate surface area is 186 Å². The lowest BCUT2D eigenvalue weighted by Gasteiger charge is -2.31. The zero-order valence-electron chi connectivity index (χ0n) is 18.1. The number of amides is 4. The van der Waals surface area contributed by atoms with Crippen LogP contribution in [0.5, 0.6) is 0 Å². The smallest absolute Gasteiger partial charge is 0.323 e. The van der Waals surface area contributed by atoms with Crippen molar-refractivity contribution < 1.29 is 14.4 Å². The number of carbonyl (C=O) groups excluding carboxylic acids is 3. The maximum atomic E-state index is 13.0. The second-order valence-electron chi connectivity index (χ2n) is 8.22. The van der Waals surface area contributed by atoms with Crippen LogP contribution in [0.25, 0.3) is 10.9 Å². The first-order chi connectivity index (χ1) is 15.4. The third kappa shape index (κ3) is 4.44. The molecule has 1 atom stereocenters. The molecule has 0 saturated heterocycles. The summed E-state index contributed by atoms with van der Waals surface area (Å²) in [6.45, 7) is 4.10. The van der Waals surface area contributed by atoms with Crippen molar-refractivity contribution in [2.75, 3.05) is 23.3 Å². The number of urea groups is 1. The fourth-order valence-corrected chi connectivity index (χ4v) is 3.93. The molecule has 4 N–H and O–H groups in total. The number of aromatic amines is 1. The molecule has 166 valence electrons. The summed E-state index contributed by atoms with van der Waals surface area (Å²) in [6, 6.07) is 13.9. The van der Waals surface area contributed by atoms with E-state index in [1.807, 2.05) is 44.3 Å². The van der Waals surface area contributed by atoms with Gasteiger partial charge in [0.25, 0.3) is 0 Å². The van der Waals surface area contributed by atoms with Crippen molar-refractivity contribution in [3.05, 3.63) is 60.3 Å². The summed E-state index contributed by atoms with van der Waals surface area (Å²) in [5.74, 6) is -0.646. The SMILES string of the molecule is CC(C)[C@H](NC(=O)N1CC(=O)Nc2ccccc21)C(=O)NCCc1c[nH]c2ccccc12. The first-order valence-electron chi connectivity index (χ1n) is 10.7. The summed E-state index contributed by atoms with van der Waals surface area (Å²) in [6.07, 6.45) is 2.63. The minimum Gasteiger partial charge on any atom is -0.361 e. The van der Waals surface area contributed by atoms with E-state index in [0.29, 0.717) is 24.3 Å². The molecule has 0 aliphatic carbocycles. The number of rotatable bonds is 6. The largest absolute Gasteiger partial charge is 0.361 e. The molecule has 0 fully saturated rings. The summed E-state index contributed by atoms with van der Waals surface area (Å²) >= 11 is 0. The molecule has 2 heterocycles. The van der Waals surface area contributed by atoms with E-state index in [1.54, 1.807) is 24.3 Å². The number of nitrogens with zero attached hydrogens (tertiary/aromatic N) is 1. The number of anilines is 2. The Morgan fingerprint density at radius 2 is 1.84 bits per heavy atom. The first kappa shape index (κ1) is 21.4. The van der Waals surface area contributed by atoms with Crippen LogP contribution in [0.1, 0.15) is 19.4 Å². The number of nitrogens with one attached hydrogen (secondary N) is 4. The quantitative estimate of drug-likeness (QED) is 0.480. The first-order valence-corrected chi connectivity index (χ1v) is 10.7. The van der Waals surface area contributed by atoms with Gasteiger partial charge in [-0.2, -0.15) is 0 Å². The van der Waals surface area contributed by atoms with Crippen LogP contribution in [-0.2, 0) is 16.0 Å². The van der Waals surface area contributed by atoms with Crippen molar-refractivity contribution >= 4 is 40.1 Å². The molecule has 3 aromatic rings. The second kappa shape index (κ2) is 9.13. The molecule has 4 amide bonds. The van der Waals surface area contributed by atoms with Crippen LogP contribution < -0.4 is 20.9 Å². The highest BCUT2D eigenvalue weighted by Crippen LogP contribution is 2.29. The fourth-order valence-electron chi connectivity index (χ4n) is 3.93. The van der Waals surface area contributed by atoms with Gasteiger partial charge in [-0.05, 0) is 36.1 Å². The number of benzene rings is 2. The van der Waals surface area contributed by atoms with Gasteiger partial charge in [0, 0.05) is 23.6 Å². The highest BCUT2D eigenvalue weighted by Gasteiger charge is 2.31. The monoisotopic (exact) mass is 433 g/mol. The number of hydrogen-bond donors (Lipinski definition) is 4. The van der Waals surface area contributed by atoms with Gasteiger partial charge in [-0.25, -0.2) is 4.79 Å². The number of carbonyl (C=O) groups is 3. The van der Waals surface area contributed by atoms with E-state index in [-0.39, 0.29) is 24.3 Å². The molecule has 0 unspecified atom stereocenters. The van der Waals surface area contributed by atoms with Crippen LogP contribution in [0.4, 0.5) is 16.2 Å². The lowest BCUT2D eigenvalue weighted by molar-refractivity contribution is -0.123. The third-order valence-electron chi connectivity index (χ3n) is 5.61. The van der Waals surface area contributed by atoms with Gasteiger partial charge in [-0.3, -0.25) is 14.5 Å². The van der Waals surface area contributed by atoms with Crippen molar-refractivity contribution in [1.29, 1.82) is 0 Å². The third-order valence-corrected chi connectivity index (χ3v) is 5.61. The van der Waals surface area contributed by atoms with Crippen LogP contribution in [0.15, 0.2) is 54.7 Å². The van der Waals surface area contributed by atoms with E-state index < -0.39 is 12.1 Å². The Balaban J connectivity index is 1.39. The molecular formula is C24H27N5O3. The number of aromatic nitrogens is 1. The van der Waals surface area contributed by atoms with E-state index >= 15 is 0 Å². The van der Waals surface area contributed by atoms with Gasteiger partial charge in [0.2, 0.25) is 11.8 Å². The Morgan fingerprint density at radius 1 is 1.09 bits per heavy atom.